The highest BCUT2D eigenvalue weighted by Gasteiger charge is 2.28. The first-order valence-electron chi connectivity index (χ1n) is 9.19. The minimum atomic E-state index is -4.20. The first kappa shape index (κ1) is 21.5. The summed E-state index contributed by atoms with van der Waals surface area (Å²) in [5, 5.41) is 18.4. The topological polar surface area (TPSA) is 146 Å². The van der Waals surface area contributed by atoms with Crippen LogP contribution in [0.4, 0.5) is 5.82 Å². The molecule has 2 heterocycles. The molecule has 0 aliphatic carbocycles. The van der Waals surface area contributed by atoms with Gasteiger partial charge in [-0.2, -0.15) is 0 Å². The van der Waals surface area contributed by atoms with Gasteiger partial charge in [-0.25, -0.2) is 8.42 Å². The standard InChI is InChI=1S/C20H19N3O8S/c1-27-13-5-4-6-14(28-2)19(13)32(25,26)23-20-17-15(29-3)9-11(10-16(17)31-22-20)18(24)12-7-8-30-21-12/h4-10,18,24H,1-3H3,(H,22,23). The quantitative estimate of drug-likeness (QED) is 0.401. The van der Waals surface area contributed by atoms with Crippen LogP contribution in [-0.2, 0) is 10.0 Å². The van der Waals surface area contributed by atoms with Crippen molar-refractivity contribution in [1.29, 1.82) is 0 Å². The number of hydrogen-bond donors (Lipinski definition) is 2. The molecule has 0 saturated carbocycles. The minimum absolute atomic E-state index is 0.0923. The average molecular weight is 461 g/mol. The van der Waals surface area contributed by atoms with Crippen molar-refractivity contribution in [1.82, 2.24) is 10.3 Å². The van der Waals surface area contributed by atoms with Crippen LogP contribution < -0.4 is 18.9 Å². The second kappa shape index (κ2) is 8.40. The second-order valence-corrected chi connectivity index (χ2v) is 8.17. The molecule has 2 aromatic carbocycles. The Kier molecular flexibility index (Phi) is 5.63. The number of ether oxygens (including phenoxy) is 3. The summed E-state index contributed by atoms with van der Waals surface area (Å²) >= 11 is 0. The summed E-state index contributed by atoms with van der Waals surface area (Å²) in [6.07, 6.45) is 0.219. The number of hydrogen-bond acceptors (Lipinski definition) is 10. The number of nitrogens with one attached hydrogen (secondary N) is 1. The summed E-state index contributed by atoms with van der Waals surface area (Å²) < 4.78 is 54.6. The third kappa shape index (κ3) is 3.69. The van der Waals surface area contributed by atoms with Crippen LogP contribution in [0.5, 0.6) is 17.2 Å². The molecule has 1 unspecified atom stereocenters. The number of aliphatic hydroxyl groups excluding tert-OH is 1. The van der Waals surface area contributed by atoms with Gasteiger partial charge < -0.3 is 28.4 Å². The van der Waals surface area contributed by atoms with Crippen molar-refractivity contribution in [3.05, 3.63) is 53.9 Å². The smallest absolute Gasteiger partial charge is 0.270 e. The van der Waals surface area contributed by atoms with E-state index in [0.717, 1.165) is 0 Å². The maximum atomic E-state index is 13.2. The van der Waals surface area contributed by atoms with Gasteiger partial charge in [0.25, 0.3) is 10.0 Å². The molecule has 0 amide bonds. The van der Waals surface area contributed by atoms with Crippen molar-refractivity contribution in [3.8, 4) is 17.2 Å². The summed E-state index contributed by atoms with van der Waals surface area (Å²) in [6.45, 7) is 0. The zero-order valence-electron chi connectivity index (χ0n) is 17.2. The maximum Gasteiger partial charge on any atom is 0.270 e. The molecule has 4 aromatic rings. The van der Waals surface area contributed by atoms with E-state index in [1.165, 1.54) is 57.9 Å². The largest absolute Gasteiger partial charge is 0.496 e. The van der Waals surface area contributed by atoms with Crippen molar-refractivity contribution >= 4 is 26.8 Å². The van der Waals surface area contributed by atoms with Crippen LogP contribution in [0.2, 0.25) is 0 Å². The van der Waals surface area contributed by atoms with Crippen LogP contribution in [-0.4, -0.2) is 45.2 Å². The van der Waals surface area contributed by atoms with Crippen molar-refractivity contribution in [3.63, 3.8) is 0 Å². The molecule has 168 valence electrons. The van der Waals surface area contributed by atoms with Gasteiger partial charge >= 0.3 is 0 Å². The Labute approximate surface area is 182 Å². The highest BCUT2D eigenvalue weighted by Crippen LogP contribution is 2.39. The lowest BCUT2D eigenvalue weighted by Crippen LogP contribution is -2.15. The third-order valence-corrected chi connectivity index (χ3v) is 6.12. The zero-order chi connectivity index (χ0) is 22.9. The van der Waals surface area contributed by atoms with E-state index in [0.29, 0.717) is 5.56 Å². The molecule has 0 aliphatic heterocycles. The molecule has 4 rings (SSSR count). The molecule has 1 atom stereocenters. The van der Waals surface area contributed by atoms with E-state index in [1.54, 1.807) is 6.07 Å². The van der Waals surface area contributed by atoms with Crippen molar-refractivity contribution < 1.29 is 36.8 Å². The Hall–Kier alpha value is -3.77. The Morgan fingerprint density at radius 3 is 2.28 bits per heavy atom. The van der Waals surface area contributed by atoms with Gasteiger partial charge in [0.2, 0.25) is 0 Å². The second-order valence-electron chi connectivity index (χ2n) is 6.55. The van der Waals surface area contributed by atoms with E-state index in [2.05, 4.69) is 15.0 Å². The molecule has 0 bridgehead atoms. The number of anilines is 1. The molecule has 0 fully saturated rings. The van der Waals surface area contributed by atoms with E-state index < -0.39 is 16.1 Å². The van der Waals surface area contributed by atoms with E-state index in [1.807, 2.05) is 0 Å². The van der Waals surface area contributed by atoms with Crippen LogP contribution in [0.3, 0.4) is 0 Å². The van der Waals surface area contributed by atoms with Gasteiger partial charge in [-0.1, -0.05) is 16.4 Å². The number of aromatic nitrogens is 2. The summed E-state index contributed by atoms with van der Waals surface area (Å²) in [7, 11) is -0.0961. The number of methoxy groups -OCH3 is 3. The van der Waals surface area contributed by atoms with Gasteiger partial charge in [-0.05, 0) is 29.8 Å². The lowest BCUT2D eigenvalue weighted by Gasteiger charge is -2.14. The van der Waals surface area contributed by atoms with Crippen LogP contribution in [0, 0.1) is 0 Å². The number of aliphatic hydroxyl groups is 1. The highest BCUT2D eigenvalue weighted by atomic mass is 32.2. The summed E-state index contributed by atoms with van der Waals surface area (Å²) in [5.41, 5.74) is 0.863. The Bertz CT molecular complexity index is 1330. The van der Waals surface area contributed by atoms with Crippen molar-refractivity contribution in [2.75, 3.05) is 26.1 Å². The van der Waals surface area contributed by atoms with E-state index in [9.17, 15) is 13.5 Å². The number of nitrogens with zero attached hydrogens (tertiary/aromatic N) is 2. The molecule has 0 radical (unpaired) electrons. The predicted molar refractivity (Wildman–Crippen MR) is 111 cm³/mol. The fourth-order valence-corrected chi connectivity index (χ4v) is 4.57. The summed E-state index contributed by atoms with van der Waals surface area (Å²) in [5.74, 6) is 0.308. The van der Waals surface area contributed by atoms with Gasteiger partial charge in [0.05, 0.1) is 21.3 Å². The van der Waals surface area contributed by atoms with E-state index >= 15 is 0 Å². The van der Waals surface area contributed by atoms with E-state index in [4.69, 9.17) is 23.3 Å². The predicted octanol–water partition coefficient (Wildman–Crippen LogP) is 2.72. The SMILES string of the molecule is COc1cccc(OC)c1S(=O)(=O)Nc1noc2cc(C(O)c3ccon3)cc(OC)c12. The number of fused-ring (bicyclic) bond motifs is 1. The van der Waals surface area contributed by atoms with Crippen LogP contribution in [0.1, 0.15) is 17.4 Å². The first-order chi connectivity index (χ1) is 15.4. The monoisotopic (exact) mass is 461 g/mol. The van der Waals surface area contributed by atoms with Gasteiger partial charge in [0.15, 0.2) is 16.3 Å². The lowest BCUT2D eigenvalue weighted by molar-refractivity contribution is 0.207. The van der Waals surface area contributed by atoms with Gasteiger partial charge in [0, 0.05) is 6.07 Å². The lowest BCUT2D eigenvalue weighted by atomic mass is 10.0. The van der Waals surface area contributed by atoms with Crippen molar-refractivity contribution in [2.24, 2.45) is 0 Å². The molecule has 12 heteroatoms. The fourth-order valence-electron chi connectivity index (χ4n) is 3.24. The van der Waals surface area contributed by atoms with Crippen LogP contribution in [0.25, 0.3) is 11.0 Å². The Morgan fingerprint density at radius 2 is 1.69 bits per heavy atom. The van der Waals surface area contributed by atoms with Crippen molar-refractivity contribution in [2.45, 2.75) is 11.0 Å². The first-order valence-corrected chi connectivity index (χ1v) is 10.7. The zero-order valence-corrected chi connectivity index (χ0v) is 18.0. The average Bonchev–Trinajstić information content (AvgIpc) is 3.47. The molecule has 2 N–H and O–H groups in total. The third-order valence-electron chi connectivity index (χ3n) is 4.72. The number of rotatable bonds is 8. The highest BCUT2D eigenvalue weighted by molar-refractivity contribution is 7.93. The molecule has 32 heavy (non-hydrogen) atoms. The van der Waals surface area contributed by atoms with Crippen LogP contribution in [0.15, 0.2) is 56.6 Å². The normalized spacial score (nSPS) is 12.5. The summed E-state index contributed by atoms with van der Waals surface area (Å²) in [6, 6.07) is 9.15. The summed E-state index contributed by atoms with van der Waals surface area (Å²) in [4.78, 5) is -0.196. The Balaban J connectivity index is 1.78. The number of benzene rings is 2. The van der Waals surface area contributed by atoms with E-state index in [-0.39, 0.29) is 44.6 Å². The van der Waals surface area contributed by atoms with Gasteiger partial charge in [-0.3, -0.25) is 4.72 Å². The van der Waals surface area contributed by atoms with Gasteiger partial charge in [-0.15, -0.1) is 0 Å². The number of sulfonamides is 1. The molecule has 0 saturated heterocycles. The molecular weight excluding hydrogens is 442 g/mol. The minimum Gasteiger partial charge on any atom is -0.496 e. The van der Waals surface area contributed by atoms with Crippen LogP contribution >= 0.6 is 0 Å². The molecule has 2 aromatic heterocycles. The molecule has 0 aliphatic rings. The molecular formula is C20H19N3O8S. The Morgan fingerprint density at radius 1 is 1.00 bits per heavy atom. The van der Waals surface area contributed by atoms with Gasteiger partial charge in [0.1, 0.15) is 40.7 Å². The fraction of sp³-hybridized carbons (Fsp3) is 0.200. The molecule has 0 spiro atoms. The molecule has 11 nitrogen and oxygen atoms in total. The maximum absolute atomic E-state index is 13.2.